The van der Waals surface area contributed by atoms with Crippen LogP contribution >= 0.6 is 0 Å². The van der Waals surface area contributed by atoms with Crippen molar-refractivity contribution in [3.63, 3.8) is 0 Å². The lowest BCUT2D eigenvalue weighted by Crippen LogP contribution is -2.38. The van der Waals surface area contributed by atoms with Gasteiger partial charge in [0.15, 0.2) is 0 Å². The lowest BCUT2D eigenvalue weighted by atomic mass is 9.87. The Kier molecular flexibility index (Phi) is 3.04. The van der Waals surface area contributed by atoms with Crippen molar-refractivity contribution >= 4 is 0 Å². The van der Waals surface area contributed by atoms with E-state index in [1.54, 1.807) is 0 Å². The molecule has 1 aromatic carbocycles. The molecule has 2 heteroatoms. The van der Waals surface area contributed by atoms with Gasteiger partial charge in [-0.15, -0.1) is 0 Å². The van der Waals surface area contributed by atoms with E-state index >= 15 is 0 Å². The van der Waals surface area contributed by atoms with Crippen LogP contribution in [0.25, 0.3) is 0 Å². The molecule has 0 amide bonds. The molecule has 2 N–H and O–H groups in total. The van der Waals surface area contributed by atoms with Crippen LogP contribution in [0.4, 0.5) is 0 Å². The van der Waals surface area contributed by atoms with Gasteiger partial charge < -0.3 is 10.4 Å². The Labute approximate surface area is 97.7 Å². The summed E-state index contributed by atoms with van der Waals surface area (Å²) in [6.07, 6.45) is 2.29. The molecule has 16 heavy (non-hydrogen) atoms. The smallest absolute Gasteiger partial charge is 0.105 e. The van der Waals surface area contributed by atoms with Gasteiger partial charge in [-0.3, -0.25) is 0 Å². The van der Waals surface area contributed by atoms with Crippen LogP contribution in [-0.4, -0.2) is 18.7 Å². The first-order chi connectivity index (χ1) is 7.58. The second kappa shape index (κ2) is 4.19. The van der Waals surface area contributed by atoms with E-state index in [-0.39, 0.29) is 0 Å². The Hall–Kier alpha value is -0.860. The minimum absolute atomic E-state index is 0.432. The van der Waals surface area contributed by atoms with Gasteiger partial charge in [-0.25, -0.2) is 0 Å². The largest absolute Gasteiger partial charge is 0.384 e. The number of likely N-dealkylation sites (N-methyl/N-ethyl adjacent to an activating group) is 1. The average Bonchev–Trinajstić information content (AvgIpc) is 3.06. The number of rotatable bonds is 4. The van der Waals surface area contributed by atoms with Gasteiger partial charge >= 0.3 is 0 Å². The first kappa shape index (κ1) is 11.6. The number of benzene rings is 1. The third kappa shape index (κ3) is 2.00. The van der Waals surface area contributed by atoms with Crippen LogP contribution in [0.1, 0.15) is 29.5 Å². The maximum Gasteiger partial charge on any atom is 0.105 e. The summed E-state index contributed by atoms with van der Waals surface area (Å²) in [4.78, 5) is 0. The number of aliphatic hydroxyl groups is 1. The van der Waals surface area contributed by atoms with Crippen LogP contribution in [0, 0.1) is 19.8 Å². The van der Waals surface area contributed by atoms with Crippen molar-refractivity contribution in [3.8, 4) is 0 Å². The monoisotopic (exact) mass is 219 g/mol. The minimum atomic E-state index is -0.673. The van der Waals surface area contributed by atoms with Crippen molar-refractivity contribution in [2.75, 3.05) is 13.6 Å². The molecule has 1 aliphatic carbocycles. The molecule has 88 valence electrons. The number of aryl methyl sites for hydroxylation is 2. The second-order valence-corrected chi connectivity index (χ2v) is 5.03. The fourth-order valence-electron chi connectivity index (χ4n) is 2.32. The molecule has 1 saturated carbocycles. The summed E-state index contributed by atoms with van der Waals surface area (Å²) in [5.41, 5.74) is 2.93. The molecule has 1 atom stereocenters. The summed E-state index contributed by atoms with van der Waals surface area (Å²) in [5.74, 6) is 0.432. The van der Waals surface area contributed by atoms with Gasteiger partial charge in [0.1, 0.15) is 5.60 Å². The Morgan fingerprint density at radius 2 is 2.00 bits per heavy atom. The number of hydrogen-bond acceptors (Lipinski definition) is 2. The van der Waals surface area contributed by atoms with Gasteiger partial charge in [-0.05, 0) is 56.3 Å². The van der Waals surface area contributed by atoms with Crippen molar-refractivity contribution in [2.45, 2.75) is 32.3 Å². The lowest BCUT2D eigenvalue weighted by Gasteiger charge is -2.29. The molecular formula is C14H21NO. The maximum atomic E-state index is 10.8. The normalized spacial score (nSPS) is 19.5. The average molecular weight is 219 g/mol. The zero-order valence-electron chi connectivity index (χ0n) is 10.4. The minimum Gasteiger partial charge on any atom is -0.384 e. The Bertz CT molecular complexity index is 384. The summed E-state index contributed by atoms with van der Waals surface area (Å²) >= 11 is 0. The zero-order chi connectivity index (χ0) is 11.8. The summed E-state index contributed by atoms with van der Waals surface area (Å²) in [6.45, 7) is 4.85. The highest BCUT2D eigenvalue weighted by Gasteiger charge is 2.44. The molecule has 0 aromatic heterocycles. The standard InChI is InChI=1S/C14H21NO/c1-10-4-5-13(8-11(10)2)14(16,9-15-3)12-6-7-12/h4-5,8,12,15-16H,6-7,9H2,1-3H3. The van der Waals surface area contributed by atoms with E-state index in [1.807, 2.05) is 7.05 Å². The fraction of sp³-hybridized carbons (Fsp3) is 0.571. The second-order valence-electron chi connectivity index (χ2n) is 5.03. The predicted molar refractivity (Wildman–Crippen MR) is 66.5 cm³/mol. The first-order valence-electron chi connectivity index (χ1n) is 6.02. The summed E-state index contributed by atoms with van der Waals surface area (Å²) in [5, 5.41) is 13.9. The van der Waals surface area contributed by atoms with E-state index in [1.165, 1.54) is 11.1 Å². The highest BCUT2D eigenvalue weighted by molar-refractivity contribution is 5.34. The summed E-state index contributed by atoms with van der Waals surface area (Å²) in [7, 11) is 1.90. The van der Waals surface area contributed by atoms with Crippen LogP contribution in [0.2, 0.25) is 0 Å². The third-order valence-electron chi connectivity index (χ3n) is 3.71. The quantitative estimate of drug-likeness (QED) is 0.813. The molecule has 2 nitrogen and oxygen atoms in total. The van der Waals surface area contributed by atoms with Crippen molar-refractivity contribution in [1.82, 2.24) is 5.32 Å². The van der Waals surface area contributed by atoms with Crippen LogP contribution < -0.4 is 5.32 Å². The Morgan fingerprint density at radius 1 is 1.31 bits per heavy atom. The molecule has 0 radical (unpaired) electrons. The van der Waals surface area contributed by atoms with E-state index in [0.29, 0.717) is 12.5 Å². The molecule has 0 saturated heterocycles. The van der Waals surface area contributed by atoms with Crippen LogP contribution in [-0.2, 0) is 5.60 Å². The molecule has 1 fully saturated rings. The van der Waals surface area contributed by atoms with Crippen molar-refractivity contribution in [2.24, 2.45) is 5.92 Å². The van der Waals surface area contributed by atoms with Crippen LogP contribution in [0.3, 0.4) is 0 Å². The van der Waals surface area contributed by atoms with E-state index in [0.717, 1.165) is 18.4 Å². The SMILES string of the molecule is CNCC(O)(c1ccc(C)c(C)c1)C1CC1. The number of nitrogens with one attached hydrogen (secondary N) is 1. The topological polar surface area (TPSA) is 32.3 Å². The Morgan fingerprint density at radius 3 is 2.50 bits per heavy atom. The van der Waals surface area contributed by atoms with Crippen molar-refractivity contribution in [1.29, 1.82) is 0 Å². The highest BCUT2D eigenvalue weighted by Crippen LogP contribution is 2.45. The third-order valence-corrected chi connectivity index (χ3v) is 3.71. The highest BCUT2D eigenvalue weighted by atomic mass is 16.3. The number of hydrogen-bond donors (Lipinski definition) is 2. The van der Waals surface area contributed by atoms with Gasteiger partial charge in [0.25, 0.3) is 0 Å². The molecule has 1 aromatic rings. The molecule has 0 aliphatic heterocycles. The van der Waals surface area contributed by atoms with Crippen molar-refractivity contribution < 1.29 is 5.11 Å². The molecule has 1 unspecified atom stereocenters. The summed E-state index contributed by atoms with van der Waals surface area (Å²) < 4.78 is 0. The van der Waals surface area contributed by atoms with E-state index in [2.05, 4.69) is 37.4 Å². The van der Waals surface area contributed by atoms with Gasteiger partial charge in [0.05, 0.1) is 0 Å². The molecule has 1 aliphatic rings. The van der Waals surface area contributed by atoms with E-state index in [9.17, 15) is 5.11 Å². The zero-order valence-corrected chi connectivity index (χ0v) is 10.4. The fourth-order valence-corrected chi connectivity index (χ4v) is 2.32. The Balaban J connectivity index is 2.34. The molecular weight excluding hydrogens is 198 g/mol. The van der Waals surface area contributed by atoms with Crippen LogP contribution in [0.15, 0.2) is 18.2 Å². The summed E-state index contributed by atoms with van der Waals surface area (Å²) in [6, 6.07) is 6.30. The van der Waals surface area contributed by atoms with Crippen molar-refractivity contribution in [3.05, 3.63) is 34.9 Å². The van der Waals surface area contributed by atoms with Gasteiger partial charge in [0, 0.05) is 6.54 Å². The molecule has 2 rings (SSSR count). The molecule has 0 bridgehead atoms. The molecule has 0 spiro atoms. The van der Waals surface area contributed by atoms with Gasteiger partial charge in [-0.2, -0.15) is 0 Å². The van der Waals surface area contributed by atoms with Gasteiger partial charge in [0.2, 0.25) is 0 Å². The lowest BCUT2D eigenvalue weighted by molar-refractivity contribution is 0.0152. The predicted octanol–water partition coefficient (Wildman–Crippen LogP) is 2.12. The maximum absolute atomic E-state index is 10.8. The van der Waals surface area contributed by atoms with Crippen LogP contribution in [0.5, 0.6) is 0 Å². The molecule has 0 heterocycles. The van der Waals surface area contributed by atoms with Gasteiger partial charge in [-0.1, -0.05) is 18.2 Å². The van der Waals surface area contributed by atoms with E-state index < -0.39 is 5.60 Å². The first-order valence-corrected chi connectivity index (χ1v) is 6.02. The van der Waals surface area contributed by atoms with E-state index in [4.69, 9.17) is 0 Å².